The van der Waals surface area contributed by atoms with Crippen LogP contribution in [0.25, 0.3) is 66.9 Å². The summed E-state index contributed by atoms with van der Waals surface area (Å²) in [6.45, 7) is 8.66. The quantitative estimate of drug-likeness (QED) is 0.188. The number of fused-ring (bicyclic) bond motifs is 7. The first-order valence-electron chi connectivity index (χ1n) is 15.1. The zero-order valence-corrected chi connectivity index (χ0v) is 23.9. The molecule has 8 aromatic rings. The Morgan fingerprint density at radius 3 is 2.21 bits per heavy atom. The largest absolute Gasteiger partial charge is 0.456 e. The van der Waals surface area contributed by atoms with Gasteiger partial charge >= 0.3 is 0 Å². The Morgan fingerprint density at radius 2 is 1.40 bits per heavy atom. The van der Waals surface area contributed by atoms with Crippen LogP contribution >= 0.6 is 0 Å². The molecule has 1 atom stereocenters. The van der Waals surface area contributed by atoms with Gasteiger partial charge in [0.25, 0.3) is 0 Å². The van der Waals surface area contributed by atoms with Gasteiger partial charge in [0, 0.05) is 22.6 Å². The van der Waals surface area contributed by atoms with E-state index in [9.17, 15) is 0 Å². The smallest absolute Gasteiger partial charge is 0.136 e. The monoisotopic (exact) mass is 549 g/mol. The van der Waals surface area contributed by atoms with E-state index in [-0.39, 0.29) is 0 Å². The Bertz CT molecular complexity index is 2500. The Morgan fingerprint density at radius 1 is 0.628 bits per heavy atom. The Balaban J connectivity index is 1.37. The van der Waals surface area contributed by atoms with Crippen LogP contribution in [0.1, 0.15) is 33.7 Å². The first kappa shape index (κ1) is 24.5. The lowest BCUT2D eigenvalue weighted by Crippen LogP contribution is -2.25. The van der Waals surface area contributed by atoms with Gasteiger partial charge in [-0.3, -0.25) is 0 Å². The molecule has 1 aliphatic rings. The number of rotatable bonds is 6. The van der Waals surface area contributed by atoms with Gasteiger partial charge in [0.2, 0.25) is 0 Å². The standard InChI is InChI=1S/C42H29O/c1-3-12-30-25(2)31-18-11-20-36-40(31)42-37(43-36)24-35-38-28(17-10-19-32(38)33-23-34(33)39(35)41(30)42)22-29(27-15-8-5-9-16-27)21-26-13-6-4-7-14-26/h3-20,23-24,29H,1-2,21-22H2/b30-12+. The summed E-state index contributed by atoms with van der Waals surface area (Å²) in [5, 5.41) is 12.2. The normalized spacial score (nSPS) is 13.9. The molecule has 0 saturated carbocycles. The lowest BCUT2D eigenvalue weighted by atomic mass is 9.84. The molecule has 0 N–H and O–H groups in total. The molecule has 43 heavy (non-hydrogen) atoms. The molecule has 0 spiro atoms. The summed E-state index contributed by atoms with van der Waals surface area (Å²) in [6, 6.07) is 37.4. The highest BCUT2D eigenvalue weighted by Crippen LogP contribution is 2.50. The molecule has 0 fully saturated rings. The minimum absolute atomic E-state index is 0.351. The lowest BCUT2D eigenvalue weighted by molar-refractivity contribution is 0.670. The van der Waals surface area contributed by atoms with Gasteiger partial charge in [0.1, 0.15) is 11.2 Å². The molecule has 9 rings (SSSR count). The maximum Gasteiger partial charge on any atom is 0.136 e. The minimum atomic E-state index is 0.351. The molecule has 1 unspecified atom stereocenters. The van der Waals surface area contributed by atoms with Crippen LogP contribution in [-0.4, -0.2) is 0 Å². The zero-order chi connectivity index (χ0) is 28.7. The van der Waals surface area contributed by atoms with E-state index >= 15 is 0 Å². The molecule has 1 aromatic heterocycles. The van der Waals surface area contributed by atoms with Crippen LogP contribution in [0.15, 0.2) is 120 Å². The van der Waals surface area contributed by atoms with Crippen LogP contribution in [0.3, 0.4) is 0 Å². The summed E-state index contributed by atoms with van der Waals surface area (Å²) in [7, 11) is 0. The van der Waals surface area contributed by atoms with Crippen molar-refractivity contribution in [3.8, 4) is 0 Å². The highest BCUT2D eigenvalue weighted by molar-refractivity contribution is 6.33. The third-order valence-corrected chi connectivity index (χ3v) is 9.53. The summed E-state index contributed by atoms with van der Waals surface area (Å²) >= 11 is 0. The van der Waals surface area contributed by atoms with Gasteiger partial charge in [-0.25, -0.2) is 0 Å². The van der Waals surface area contributed by atoms with Crippen LogP contribution in [0, 0.1) is 6.42 Å². The van der Waals surface area contributed by atoms with Gasteiger partial charge in [-0.15, -0.1) is 0 Å². The first-order chi connectivity index (χ1) is 21.2. The summed E-state index contributed by atoms with van der Waals surface area (Å²) in [4.78, 5) is 0. The van der Waals surface area contributed by atoms with Crippen molar-refractivity contribution in [3.05, 3.63) is 160 Å². The summed E-state index contributed by atoms with van der Waals surface area (Å²) in [5.74, 6) is 0.351. The highest BCUT2D eigenvalue weighted by atomic mass is 16.3. The maximum absolute atomic E-state index is 6.61. The van der Waals surface area contributed by atoms with Gasteiger partial charge in [-0.2, -0.15) is 0 Å². The third kappa shape index (κ3) is 3.58. The number of hydrogen-bond acceptors (Lipinski definition) is 1. The maximum atomic E-state index is 6.61. The Kier molecular flexibility index (Phi) is 5.22. The molecule has 1 heteroatoms. The van der Waals surface area contributed by atoms with Gasteiger partial charge in [0.05, 0.1) is 0 Å². The molecule has 0 aliphatic heterocycles. The van der Waals surface area contributed by atoms with Crippen molar-refractivity contribution >= 4 is 66.9 Å². The van der Waals surface area contributed by atoms with E-state index in [0.717, 1.165) is 39.8 Å². The second-order valence-electron chi connectivity index (χ2n) is 11.9. The van der Waals surface area contributed by atoms with Gasteiger partial charge in [0.15, 0.2) is 0 Å². The van der Waals surface area contributed by atoms with E-state index in [1.54, 1.807) is 0 Å². The minimum Gasteiger partial charge on any atom is -0.456 e. The van der Waals surface area contributed by atoms with Crippen molar-refractivity contribution in [3.63, 3.8) is 0 Å². The van der Waals surface area contributed by atoms with Crippen LogP contribution in [0.4, 0.5) is 0 Å². The Labute approximate surface area is 250 Å². The summed E-state index contributed by atoms with van der Waals surface area (Å²) < 4.78 is 6.61. The van der Waals surface area contributed by atoms with E-state index in [4.69, 9.17) is 4.42 Å². The predicted octanol–water partition coefficient (Wildman–Crippen LogP) is 9.34. The molecule has 1 radical (unpaired) electrons. The number of benzene rings is 7. The lowest BCUT2D eigenvalue weighted by Gasteiger charge is -2.20. The molecule has 1 aliphatic carbocycles. The Hall–Kier alpha value is -5.14. The number of hydrogen-bond donors (Lipinski definition) is 0. The molecule has 0 saturated heterocycles. The molecule has 1 heterocycles. The second-order valence-corrected chi connectivity index (χ2v) is 11.9. The third-order valence-electron chi connectivity index (χ3n) is 9.53. The zero-order valence-electron chi connectivity index (χ0n) is 23.9. The van der Waals surface area contributed by atoms with E-state index < -0.39 is 0 Å². The average Bonchev–Trinajstić information content (AvgIpc) is 3.76. The SMILES string of the molecule is C=C/C=c1\c(=C)c2cccc3oc4cc5c6c(CC(Cc7ccccc7)c7ccccc7)cccc6c6c(c5c1c4c32)[CH]6. The molecule has 203 valence electrons. The number of furan rings is 1. The number of allylic oxidation sites excluding steroid dienone is 1. The van der Waals surface area contributed by atoms with Gasteiger partial charge in [-0.1, -0.05) is 116 Å². The van der Waals surface area contributed by atoms with Gasteiger partial charge in [-0.05, 0) is 96.1 Å². The van der Waals surface area contributed by atoms with Crippen molar-refractivity contribution in [1.82, 2.24) is 0 Å². The predicted molar refractivity (Wildman–Crippen MR) is 182 cm³/mol. The van der Waals surface area contributed by atoms with Crippen LogP contribution in [0.5, 0.6) is 0 Å². The van der Waals surface area contributed by atoms with E-state index in [1.807, 2.05) is 6.08 Å². The van der Waals surface area contributed by atoms with E-state index in [1.165, 1.54) is 65.5 Å². The summed E-state index contributed by atoms with van der Waals surface area (Å²) in [5.41, 5.74) is 8.68. The molecule has 0 bridgehead atoms. The average molecular weight is 550 g/mol. The van der Waals surface area contributed by atoms with E-state index in [2.05, 4.69) is 129 Å². The first-order valence-corrected chi connectivity index (χ1v) is 15.1. The fourth-order valence-electron chi connectivity index (χ4n) is 7.62. The summed E-state index contributed by atoms with van der Waals surface area (Å²) in [6.07, 6.45) is 8.32. The molecule has 7 aromatic carbocycles. The fourth-order valence-corrected chi connectivity index (χ4v) is 7.62. The molecular formula is C42H29O. The van der Waals surface area contributed by atoms with Gasteiger partial charge < -0.3 is 4.42 Å². The van der Waals surface area contributed by atoms with Crippen LogP contribution in [-0.2, 0) is 12.8 Å². The van der Waals surface area contributed by atoms with Crippen molar-refractivity contribution < 1.29 is 4.42 Å². The van der Waals surface area contributed by atoms with Crippen molar-refractivity contribution in [2.45, 2.75) is 18.8 Å². The topological polar surface area (TPSA) is 13.1 Å². The fraction of sp³-hybridized carbons (Fsp3) is 0.0714. The van der Waals surface area contributed by atoms with Crippen molar-refractivity contribution in [2.24, 2.45) is 0 Å². The molecule has 0 amide bonds. The van der Waals surface area contributed by atoms with E-state index in [0.29, 0.717) is 5.92 Å². The van der Waals surface area contributed by atoms with Crippen molar-refractivity contribution in [1.29, 1.82) is 0 Å². The van der Waals surface area contributed by atoms with Crippen molar-refractivity contribution in [2.75, 3.05) is 0 Å². The second kappa shape index (κ2) is 9.18. The van der Waals surface area contributed by atoms with Crippen LogP contribution < -0.4 is 10.4 Å². The molecular weight excluding hydrogens is 520 g/mol. The van der Waals surface area contributed by atoms with Crippen LogP contribution in [0.2, 0.25) is 0 Å². The highest BCUT2D eigenvalue weighted by Gasteiger charge is 2.30. The molecule has 1 nitrogen and oxygen atoms in total.